The van der Waals surface area contributed by atoms with E-state index >= 15 is 0 Å². The molecular formula is C15H23NO4S. The normalized spacial score (nSPS) is 24.1. The molecule has 0 aromatic heterocycles. The Labute approximate surface area is 126 Å². The molecule has 21 heavy (non-hydrogen) atoms. The van der Waals surface area contributed by atoms with Crippen LogP contribution in [-0.2, 0) is 14.8 Å². The van der Waals surface area contributed by atoms with Crippen LogP contribution in [0.25, 0.3) is 0 Å². The first-order valence-corrected chi connectivity index (χ1v) is 8.80. The van der Waals surface area contributed by atoms with Crippen LogP contribution in [0.5, 0.6) is 0 Å². The quantitative estimate of drug-likeness (QED) is 0.836. The molecule has 1 heterocycles. The SMILES string of the molecule is CC[C@H](O)[C@@H]1CC[C@H](CNS(=O)(=O)c2ccc(C)cc2)O1. The highest BCUT2D eigenvalue weighted by atomic mass is 32.2. The number of aryl methyl sites for hydroxylation is 1. The second-order valence-corrected chi connectivity index (χ2v) is 7.28. The topological polar surface area (TPSA) is 75.6 Å². The summed E-state index contributed by atoms with van der Waals surface area (Å²) in [5.41, 5.74) is 1.02. The van der Waals surface area contributed by atoms with Crippen LogP contribution in [0.2, 0.25) is 0 Å². The molecule has 6 heteroatoms. The maximum atomic E-state index is 12.2. The van der Waals surface area contributed by atoms with Crippen LogP contribution in [0.4, 0.5) is 0 Å². The van der Waals surface area contributed by atoms with E-state index in [2.05, 4.69) is 4.72 Å². The van der Waals surface area contributed by atoms with Crippen LogP contribution in [0.1, 0.15) is 31.7 Å². The molecule has 1 aliphatic rings. The number of hydrogen-bond acceptors (Lipinski definition) is 4. The maximum absolute atomic E-state index is 12.2. The van der Waals surface area contributed by atoms with Gasteiger partial charge in [-0.1, -0.05) is 24.6 Å². The molecular weight excluding hydrogens is 290 g/mol. The minimum atomic E-state index is -3.50. The fraction of sp³-hybridized carbons (Fsp3) is 0.600. The third-order valence-corrected chi connectivity index (χ3v) is 5.26. The molecule has 0 unspecified atom stereocenters. The van der Waals surface area contributed by atoms with E-state index in [9.17, 15) is 13.5 Å². The lowest BCUT2D eigenvalue weighted by Crippen LogP contribution is -2.33. The predicted molar refractivity (Wildman–Crippen MR) is 80.6 cm³/mol. The van der Waals surface area contributed by atoms with Gasteiger partial charge in [0.05, 0.1) is 23.2 Å². The summed E-state index contributed by atoms with van der Waals surface area (Å²) in [6, 6.07) is 6.73. The van der Waals surface area contributed by atoms with Gasteiger partial charge >= 0.3 is 0 Å². The van der Waals surface area contributed by atoms with Crippen molar-refractivity contribution in [2.24, 2.45) is 0 Å². The van der Waals surface area contributed by atoms with Gasteiger partial charge in [0.15, 0.2) is 0 Å². The monoisotopic (exact) mass is 313 g/mol. The van der Waals surface area contributed by atoms with Gasteiger partial charge in [-0.15, -0.1) is 0 Å². The van der Waals surface area contributed by atoms with Crippen molar-refractivity contribution in [3.8, 4) is 0 Å². The van der Waals surface area contributed by atoms with Gasteiger partial charge in [0, 0.05) is 6.54 Å². The van der Waals surface area contributed by atoms with Crippen molar-refractivity contribution in [2.45, 2.75) is 56.3 Å². The lowest BCUT2D eigenvalue weighted by atomic mass is 10.1. The molecule has 1 fully saturated rings. The molecule has 2 rings (SSSR count). The summed E-state index contributed by atoms with van der Waals surface area (Å²) >= 11 is 0. The van der Waals surface area contributed by atoms with Crippen molar-refractivity contribution >= 4 is 10.0 Å². The Balaban J connectivity index is 1.90. The van der Waals surface area contributed by atoms with E-state index in [-0.39, 0.29) is 23.6 Å². The summed E-state index contributed by atoms with van der Waals surface area (Å²) in [6.07, 6.45) is 1.36. The van der Waals surface area contributed by atoms with Crippen LogP contribution >= 0.6 is 0 Å². The second-order valence-electron chi connectivity index (χ2n) is 5.51. The summed E-state index contributed by atoms with van der Waals surface area (Å²) < 4.78 is 32.6. The van der Waals surface area contributed by atoms with Gasteiger partial charge in [-0.2, -0.15) is 0 Å². The fourth-order valence-electron chi connectivity index (χ4n) is 2.43. The molecule has 0 saturated carbocycles. The van der Waals surface area contributed by atoms with E-state index in [0.717, 1.165) is 18.4 Å². The van der Waals surface area contributed by atoms with E-state index in [0.29, 0.717) is 6.42 Å². The Hall–Kier alpha value is -0.950. The average molecular weight is 313 g/mol. The van der Waals surface area contributed by atoms with Crippen molar-refractivity contribution in [2.75, 3.05) is 6.54 Å². The van der Waals surface area contributed by atoms with Gasteiger partial charge in [0.25, 0.3) is 0 Å². The van der Waals surface area contributed by atoms with Gasteiger partial charge in [-0.25, -0.2) is 13.1 Å². The largest absolute Gasteiger partial charge is 0.390 e. The van der Waals surface area contributed by atoms with Crippen molar-refractivity contribution in [1.29, 1.82) is 0 Å². The van der Waals surface area contributed by atoms with E-state index in [1.165, 1.54) is 0 Å². The summed E-state index contributed by atoms with van der Waals surface area (Å²) in [5, 5.41) is 9.74. The Morgan fingerprint density at radius 2 is 2.00 bits per heavy atom. The average Bonchev–Trinajstić information content (AvgIpc) is 2.94. The maximum Gasteiger partial charge on any atom is 0.240 e. The number of nitrogens with one attached hydrogen (secondary N) is 1. The minimum absolute atomic E-state index is 0.170. The highest BCUT2D eigenvalue weighted by Crippen LogP contribution is 2.23. The number of ether oxygens (including phenoxy) is 1. The Bertz CT molecular complexity index is 556. The first kappa shape index (κ1) is 16.4. The highest BCUT2D eigenvalue weighted by Gasteiger charge is 2.30. The number of hydrogen-bond donors (Lipinski definition) is 2. The van der Waals surface area contributed by atoms with Gasteiger partial charge in [0.2, 0.25) is 10.0 Å². The van der Waals surface area contributed by atoms with Gasteiger partial charge in [0.1, 0.15) is 0 Å². The highest BCUT2D eigenvalue weighted by molar-refractivity contribution is 7.89. The summed E-state index contributed by atoms with van der Waals surface area (Å²) in [6.45, 7) is 4.06. The second kappa shape index (κ2) is 6.87. The molecule has 0 aliphatic carbocycles. The zero-order chi connectivity index (χ0) is 15.5. The zero-order valence-corrected chi connectivity index (χ0v) is 13.3. The lowest BCUT2D eigenvalue weighted by Gasteiger charge is -2.18. The molecule has 0 amide bonds. The lowest BCUT2D eigenvalue weighted by molar-refractivity contribution is -0.0329. The number of aliphatic hydroxyl groups is 1. The number of benzene rings is 1. The molecule has 1 aromatic rings. The van der Waals surface area contributed by atoms with Crippen LogP contribution in [0.15, 0.2) is 29.2 Å². The summed E-state index contributed by atoms with van der Waals surface area (Å²) in [5.74, 6) is 0. The third-order valence-electron chi connectivity index (χ3n) is 3.82. The molecule has 118 valence electrons. The van der Waals surface area contributed by atoms with E-state index < -0.39 is 16.1 Å². The molecule has 1 saturated heterocycles. The van der Waals surface area contributed by atoms with Crippen LogP contribution in [0, 0.1) is 6.92 Å². The Kier molecular flexibility index (Phi) is 5.37. The Morgan fingerprint density at radius 3 is 2.62 bits per heavy atom. The Morgan fingerprint density at radius 1 is 1.33 bits per heavy atom. The van der Waals surface area contributed by atoms with Crippen LogP contribution in [-0.4, -0.2) is 38.4 Å². The molecule has 1 aromatic carbocycles. The summed E-state index contributed by atoms with van der Waals surface area (Å²) in [4.78, 5) is 0.260. The zero-order valence-electron chi connectivity index (χ0n) is 12.5. The fourth-order valence-corrected chi connectivity index (χ4v) is 3.50. The smallest absolute Gasteiger partial charge is 0.240 e. The molecule has 0 spiro atoms. The van der Waals surface area contributed by atoms with Crippen LogP contribution < -0.4 is 4.72 Å². The molecule has 2 N–H and O–H groups in total. The van der Waals surface area contributed by atoms with Gasteiger partial charge in [-0.05, 0) is 38.3 Å². The first-order valence-electron chi connectivity index (χ1n) is 7.32. The minimum Gasteiger partial charge on any atom is -0.390 e. The van der Waals surface area contributed by atoms with Crippen LogP contribution in [0.3, 0.4) is 0 Å². The third kappa shape index (κ3) is 4.26. The molecule has 5 nitrogen and oxygen atoms in total. The summed E-state index contributed by atoms with van der Waals surface area (Å²) in [7, 11) is -3.50. The molecule has 0 bridgehead atoms. The van der Waals surface area contributed by atoms with E-state index in [1.807, 2.05) is 13.8 Å². The standard InChI is InChI=1S/C15H23NO4S/c1-3-14(17)15-9-6-12(20-15)10-16-21(18,19)13-7-4-11(2)5-8-13/h4-5,7-8,12,14-17H,3,6,9-10H2,1-2H3/t12-,14+,15+/m1/s1. The first-order chi connectivity index (χ1) is 9.92. The van der Waals surface area contributed by atoms with Gasteiger partial charge < -0.3 is 9.84 Å². The van der Waals surface area contributed by atoms with Gasteiger partial charge in [-0.3, -0.25) is 0 Å². The van der Waals surface area contributed by atoms with Crippen molar-refractivity contribution in [3.63, 3.8) is 0 Å². The number of sulfonamides is 1. The van der Waals surface area contributed by atoms with E-state index in [1.54, 1.807) is 24.3 Å². The molecule has 3 atom stereocenters. The van der Waals surface area contributed by atoms with Crippen molar-refractivity contribution in [3.05, 3.63) is 29.8 Å². The predicted octanol–water partition coefficient (Wildman–Crippen LogP) is 1.59. The van der Waals surface area contributed by atoms with Crippen molar-refractivity contribution in [1.82, 2.24) is 4.72 Å². The molecule has 0 radical (unpaired) electrons. The van der Waals surface area contributed by atoms with E-state index in [4.69, 9.17) is 4.74 Å². The number of aliphatic hydroxyl groups excluding tert-OH is 1. The number of rotatable bonds is 6. The molecule has 1 aliphatic heterocycles. The van der Waals surface area contributed by atoms with Crippen molar-refractivity contribution < 1.29 is 18.3 Å².